The van der Waals surface area contributed by atoms with Gasteiger partial charge in [-0.15, -0.1) is 0 Å². The Bertz CT molecular complexity index is 469. The minimum absolute atomic E-state index is 0.0275. The van der Waals surface area contributed by atoms with E-state index in [0.29, 0.717) is 19.5 Å². The van der Waals surface area contributed by atoms with E-state index in [4.69, 9.17) is 9.84 Å². The number of urea groups is 1. The summed E-state index contributed by atoms with van der Waals surface area (Å²) in [6, 6.07) is 9.62. The van der Waals surface area contributed by atoms with Gasteiger partial charge in [0.05, 0.1) is 18.8 Å². The fourth-order valence-corrected chi connectivity index (χ4v) is 2.82. The van der Waals surface area contributed by atoms with E-state index in [1.165, 1.54) is 0 Å². The summed E-state index contributed by atoms with van der Waals surface area (Å²) < 4.78 is 5.57. The summed E-state index contributed by atoms with van der Waals surface area (Å²) in [7, 11) is 0. The number of hydrogen-bond acceptors (Lipinski definition) is 4. The molecule has 2 amide bonds. The third kappa shape index (κ3) is 5.82. The summed E-state index contributed by atoms with van der Waals surface area (Å²) in [5.41, 5.74) is 1.10. The highest BCUT2D eigenvalue weighted by atomic mass is 16.5. The second-order valence-electron chi connectivity index (χ2n) is 5.85. The van der Waals surface area contributed by atoms with Crippen LogP contribution < -0.4 is 10.6 Å². The minimum Gasteiger partial charge on any atom is -0.396 e. The molecule has 0 aromatic heterocycles. The third-order valence-corrected chi connectivity index (χ3v) is 4.15. The molecule has 6 heteroatoms. The lowest BCUT2D eigenvalue weighted by atomic mass is 9.96. The zero-order valence-corrected chi connectivity index (χ0v) is 13.3. The van der Waals surface area contributed by atoms with Crippen molar-refractivity contribution in [1.29, 1.82) is 0 Å². The zero-order valence-electron chi connectivity index (χ0n) is 13.3. The topological polar surface area (TPSA) is 90.8 Å². The largest absolute Gasteiger partial charge is 0.396 e. The standard InChI is InChI=1S/C17H26N2O4/c20-9-8-14(13-4-2-1-3-5-13)10-18-17(22)19-11-15-6-7-16(12-21)23-15/h1-5,14-16,20-21H,6-12H2,(H2,18,19,22)/t14?,15-,16+/m1/s1. The lowest BCUT2D eigenvalue weighted by Crippen LogP contribution is -2.41. The van der Waals surface area contributed by atoms with Crippen molar-refractivity contribution in [3.63, 3.8) is 0 Å². The van der Waals surface area contributed by atoms with Gasteiger partial charge in [-0.2, -0.15) is 0 Å². The summed E-state index contributed by atoms with van der Waals surface area (Å²) >= 11 is 0. The van der Waals surface area contributed by atoms with Gasteiger partial charge in [-0.3, -0.25) is 0 Å². The Balaban J connectivity index is 1.72. The lowest BCUT2D eigenvalue weighted by Gasteiger charge is -2.18. The molecule has 3 atom stereocenters. The van der Waals surface area contributed by atoms with E-state index in [0.717, 1.165) is 18.4 Å². The van der Waals surface area contributed by atoms with Crippen LogP contribution in [0.4, 0.5) is 4.79 Å². The molecule has 1 saturated heterocycles. The molecule has 6 nitrogen and oxygen atoms in total. The zero-order chi connectivity index (χ0) is 16.5. The molecule has 0 spiro atoms. The van der Waals surface area contributed by atoms with Crippen molar-refractivity contribution < 1.29 is 19.7 Å². The molecule has 1 aliphatic rings. The number of hydrogen-bond donors (Lipinski definition) is 4. The van der Waals surface area contributed by atoms with E-state index in [1.54, 1.807) is 0 Å². The quantitative estimate of drug-likeness (QED) is 0.574. The monoisotopic (exact) mass is 322 g/mol. The molecule has 128 valence electrons. The number of nitrogens with one attached hydrogen (secondary N) is 2. The van der Waals surface area contributed by atoms with Gasteiger partial charge in [-0.1, -0.05) is 30.3 Å². The highest BCUT2D eigenvalue weighted by Crippen LogP contribution is 2.19. The highest BCUT2D eigenvalue weighted by molar-refractivity contribution is 5.73. The maximum absolute atomic E-state index is 11.9. The molecule has 0 bridgehead atoms. The SMILES string of the molecule is O=C(NCC(CCO)c1ccccc1)NC[C@H]1CC[C@@H](CO)O1. The van der Waals surface area contributed by atoms with E-state index < -0.39 is 0 Å². The third-order valence-electron chi connectivity index (χ3n) is 4.15. The fraction of sp³-hybridized carbons (Fsp3) is 0.588. The smallest absolute Gasteiger partial charge is 0.314 e. The van der Waals surface area contributed by atoms with Crippen LogP contribution in [0.25, 0.3) is 0 Å². The Hall–Kier alpha value is -1.63. The normalized spacial score (nSPS) is 21.8. The summed E-state index contributed by atoms with van der Waals surface area (Å²) in [6.07, 6.45) is 2.16. The van der Waals surface area contributed by atoms with Gasteiger partial charge in [0.1, 0.15) is 0 Å². The first-order chi connectivity index (χ1) is 11.2. The van der Waals surface area contributed by atoms with Crippen LogP contribution in [0.2, 0.25) is 0 Å². The molecular weight excluding hydrogens is 296 g/mol. The van der Waals surface area contributed by atoms with Gasteiger partial charge < -0.3 is 25.6 Å². The van der Waals surface area contributed by atoms with E-state index in [1.807, 2.05) is 30.3 Å². The first kappa shape index (κ1) is 17.7. The van der Waals surface area contributed by atoms with Crippen molar-refractivity contribution >= 4 is 6.03 Å². The number of carbonyl (C=O) groups excluding carboxylic acids is 1. The maximum Gasteiger partial charge on any atom is 0.314 e. The van der Waals surface area contributed by atoms with Crippen molar-refractivity contribution in [1.82, 2.24) is 10.6 Å². The molecule has 1 aromatic rings. The van der Waals surface area contributed by atoms with E-state index in [2.05, 4.69) is 10.6 Å². The van der Waals surface area contributed by atoms with Crippen LogP contribution >= 0.6 is 0 Å². The second-order valence-corrected chi connectivity index (χ2v) is 5.85. The molecule has 0 aliphatic carbocycles. The van der Waals surface area contributed by atoms with Crippen LogP contribution in [0.3, 0.4) is 0 Å². The first-order valence-corrected chi connectivity index (χ1v) is 8.16. The van der Waals surface area contributed by atoms with Crippen molar-refractivity contribution in [2.24, 2.45) is 0 Å². The molecule has 1 unspecified atom stereocenters. The molecule has 4 N–H and O–H groups in total. The Morgan fingerprint density at radius 2 is 1.91 bits per heavy atom. The van der Waals surface area contributed by atoms with E-state index in [9.17, 15) is 9.90 Å². The number of benzene rings is 1. The van der Waals surface area contributed by atoms with Crippen LogP contribution in [0.1, 0.15) is 30.7 Å². The van der Waals surface area contributed by atoms with Gasteiger partial charge in [0.25, 0.3) is 0 Å². The molecule has 23 heavy (non-hydrogen) atoms. The summed E-state index contributed by atoms with van der Waals surface area (Å²) in [5, 5.41) is 23.9. The van der Waals surface area contributed by atoms with Crippen LogP contribution in [0.15, 0.2) is 30.3 Å². The first-order valence-electron chi connectivity index (χ1n) is 8.16. The molecule has 1 fully saturated rings. The number of aliphatic hydroxyl groups excluding tert-OH is 2. The molecule has 2 rings (SSSR count). The van der Waals surface area contributed by atoms with Gasteiger partial charge in [0.15, 0.2) is 0 Å². The highest BCUT2D eigenvalue weighted by Gasteiger charge is 2.24. The van der Waals surface area contributed by atoms with Crippen LogP contribution in [-0.4, -0.2) is 54.8 Å². The molecule has 1 heterocycles. The van der Waals surface area contributed by atoms with Gasteiger partial charge in [0, 0.05) is 25.6 Å². The predicted molar refractivity (Wildman–Crippen MR) is 87.3 cm³/mol. The Labute approximate surface area is 136 Å². The molecular formula is C17H26N2O4. The van der Waals surface area contributed by atoms with E-state index >= 15 is 0 Å². The van der Waals surface area contributed by atoms with Gasteiger partial charge in [-0.05, 0) is 24.8 Å². The van der Waals surface area contributed by atoms with Crippen molar-refractivity contribution in [3.05, 3.63) is 35.9 Å². The van der Waals surface area contributed by atoms with Crippen molar-refractivity contribution in [2.45, 2.75) is 37.4 Å². The molecule has 0 radical (unpaired) electrons. The number of aliphatic hydroxyl groups is 2. The molecule has 1 aliphatic heterocycles. The maximum atomic E-state index is 11.9. The van der Waals surface area contributed by atoms with Crippen molar-refractivity contribution in [3.8, 4) is 0 Å². The summed E-state index contributed by atoms with van der Waals surface area (Å²) in [5.74, 6) is 0.0912. The molecule has 0 saturated carbocycles. The van der Waals surface area contributed by atoms with Gasteiger partial charge >= 0.3 is 6.03 Å². The number of rotatable bonds is 8. The Kier molecular flexibility index (Phi) is 7.32. The minimum atomic E-state index is -0.236. The summed E-state index contributed by atoms with van der Waals surface area (Å²) in [4.78, 5) is 11.9. The van der Waals surface area contributed by atoms with E-state index in [-0.39, 0.29) is 37.4 Å². The van der Waals surface area contributed by atoms with Crippen LogP contribution in [0.5, 0.6) is 0 Å². The predicted octanol–water partition coefficient (Wildman–Crippen LogP) is 0.992. The van der Waals surface area contributed by atoms with Crippen LogP contribution in [0, 0.1) is 0 Å². The average Bonchev–Trinajstić information content (AvgIpc) is 3.05. The number of amides is 2. The summed E-state index contributed by atoms with van der Waals surface area (Å²) in [6.45, 7) is 1.03. The second kappa shape index (κ2) is 9.50. The van der Waals surface area contributed by atoms with Gasteiger partial charge in [-0.25, -0.2) is 4.79 Å². The Morgan fingerprint density at radius 3 is 2.57 bits per heavy atom. The molecule has 1 aromatic carbocycles. The average molecular weight is 322 g/mol. The van der Waals surface area contributed by atoms with Crippen LogP contribution in [-0.2, 0) is 4.74 Å². The Morgan fingerprint density at radius 1 is 1.17 bits per heavy atom. The van der Waals surface area contributed by atoms with Crippen molar-refractivity contribution in [2.75, 3.05) is 26.3 Å². The fourth-order valence-electron chi connectivity index (χ4n) is 2.82. The number of carbonyl (C=O) groups is 1. The van der Waals surface area contributed by atoms with Gasteiger partial charge in [0.2, 0.25) is 0 Å². The lowest BCUT2D eigenvalue weighted by molar-refractivity contribution is 0.0134. The number of ether oxygens (including phenoxy) is 1.